The van der Waals surface area contributed by atoms with Crippen molar-refractivity contribution in [1.29, 1.82) is 0 Å². The van der Waals surface area contributed by atoms with Crippen LogP contribution in [0, 0.1) is 12.3 Å². The van der Waals surface area contributed by atoms with Gasteiger partial charge in [0.05, 0.1) is 9.80 Å². The average Bonchev–Trinajstić information content (AvgIpc) is 3.16. The van der Waals surface area contributed by atoms with Gasteiger partial charge in [0, 0.05) is 48.5 Å². The number of allylic oxidation sites excluding steroid dienone is 4. The molecule has 4 rings (SSSR count). The van der Waals surface area contributed by atoms with Crippen LogP contribution in [0.4, 0.5) is 0 Å². The Morgan fingerprint density at radius 1 is 0.971 bits per heavy atom. The molecular formula is C24H29N3O5S2. The van der Waals surface area contributed by atoms with Gasteiger partial charge < -0.3 is 5.21 Å². The van der Waals surface area contributed by atoms with Gasteiger partial charge in [-0.1, -0.05) is 30.0 Å². The van der Waals surface area contributed by atoms with E-state index in [0.717, 1.165) is 38.5 Å². The first-order valence-corrected chi connectivity index (χ1v) is 14.4. The highest BCUT2D eigenvalue weighted by atomic mass is 32.2. The molecule has 1 aromatic carbocycles. The summed E-state index contributed by atoms with van der Waals surface area (Å²) in [5.41, 5.74) is 1.60. The highest BCUT2D eigenvalue weighted by molar-refractivity contribution is 7.93. The minimum absolute atomic E-state index is 0.0619. The van der Waals surface area contributed by atoms with E-state index in [1.54, 1.807) is 6.07 Å². The first kappa shape index (κ1) is 24.7. The van der Waals surface area contributed by atoms with Crippen LogP contribution in [0.5, 0.6) is 0 Å². The molecule has 0 unspecified atom stereocenters. The Kier molecular flexibility index (Phi) is 7.01. The van der Waals surface area contributed by atoms with Crippen LogP contribution in [0.3, 0.4) is 0 Å². The molecule has 1 aromatic rings. The second-order valence-electron chi connectivity index (χ2n) is 8.77. The minimum Gasteiger partial charge on any atom is -0.410 e. The summed E-state index contributed by atoms with van der Waals surface area (Å²) in [7, 11) is -7.40. The van der Waals surface area contributed by atoms with Gasteiger partial charge in [-0.3, -0.25) is 0 Å². The number of nitrogens with zero attached hydrogens (tertiary/aromatic N) is 3. The molecule has 8 nitrogen and oxygen atoms in total. The maximum absolute atomic E-state index is 13.2. The zero-order valence-corrected chi connectivity index (χ0v) is 20.8. The van der Waals surface area contributed by atoms with Gasteiger partial charge in [0.1, 0.15) is 5.71 Å². The molecule has 0 bridgehead atoms. The van der Waals surface area contributed by atoms with Crippen molar-refractivity contribution in [2.45, 2.75) is 50.3 Å². The van der Waals surface area contributed by atoms with Crippen molar-refractivity contribution in [1.82, 2.24) is 8.61 Å². The van der Waals surface area contributed by atoms with E-state index < -0.39 is 20.0 Å². The molecule has 2 aliphatic heterocycles. The van der Waals surface area contributed by atoms with Crippen LogP contribution >= 0.6 is 0 Å². The molecular weight excluding hydrogens is 474 g/mol. The quantitative estimate of drug-likeness (QED) is 0.377. The van der Waals surface area contributed by atoms with Gasteiger partial charge in [0.15, 0.2) is 0 Å². The van der Waals surface area contributed by atoms with Gasteiger partial charge in [0.2, 0.25) is 20.0 Å². The van der Waals surface area contributed by atoms with Crippen molar-refractivity contribution in [2.75, 3.05) is 26.2 Å². The fourth-order valence-electron chi connectivity index (χ4n) is 4.75. The molecule has 0 amide bonds. The standard InChI is InChI=1S/C24H29N3O5S2/c1-3-20-21-11-10-19(34(31,32)27-14-8-5-9-15-27)17-23(21)24(25-28)22(20)16-18(2)33(29,30)26-12-6-4-7-13-26/h1,10-11,16-17,28H,4-9,12-15H2,2H3/b18-16+,25-24-. The lowest BCUT2D eigenvalue weighted by atomic mass is 10.1. The first-order valence-electron chi connectivity index (χ1n) is 11.5. The molecule has 1 N–H and O–H groups in total. The lowest BCUT2D eigenvalue weighted by molar-refractivity contribution is 0.319. The Morgan fingerprint density at radius 2 is 1.56 bits per heavy atom. The van der Waals surface area contributed by atoms with Gasteiger partial charge in [-0.2, -0.15) is 8.61 Å². The van der Waals surface area contributed by atoms with E-state index in [1.165, 1.54) is 33.7 Å². The van der Waals surface area contributed by atoms with Crippen molar-refractivity contribution >= 4 is 31.3 Å². The van der Waals surface area contributed by atoms with E-state index in [0.29, 0.717) is 42.9 Å². The summed E-state index contributed by atoms with van der Waals surface area (Å²) in [5.74, 6) is 2.57. The third kappa shape index (κ3) is 4.33. The summed E-state index contributed by atoms with van der Waals surface area (Å²) in [4.78, 5) is 0.181. The number of sulfonamides is 2. The molecule has 182 valence electrons. The predicted molar refractivity (Wildman–Crippen MR) is 131 cm³/mol. The van der Waals surface area contributed by atoms with Crippen LogP contribution in [0.25, 0.3) is 5.57 Å². The molecule has 10 heteroatoms. The topological polar surface area (TPSA) is 107 Å². The zero-order valence-electron chi connectivity index (χ0n) is 19.2. The molecule has 2 heterocycles. The van der Waals surface area contributed by atoms with Crippen LogP contribution in [0.15, 0.2) is 44.8 Å². The van der Waals surface area contributed by atoms with Crippen LogP contribution in [-0.2, 0) is 20.0 Å². The minimum atomic E-state index is -3.71. The molecule has 0 atom stereocenters. The van der Waals surface area contributed by atoms with Crippen LogP contribution in [-0.4, -0.2) is 62.5 Å². The van der Waals surface area contributed by atoms with E-state index in [4.69, 9.17) is 6.42 Å². The summed E-state index contributed by atoms with van der Waals surface area (Å²) in [5, 5.41) is 13.2. The Morgan fingerprint density at radius 3 is 2.12 bits per heavy atom. The third-order valence-electron chi connectivity index (χ3n) is 6.65. The lowest BCUT2D eigenvalue weighted by Gasteiger charge is -2.26. The molecule has 2 fully saturated rings. The summed E-state index contributed by atoms with van der Waals surface area (Å²) >= 11 is 0. The molecule has 1 aliphatic carbocycles. The molecule has 0 radical (unpaired) electrons. The second-order valence-corrected chi connectivity index (χ2v) is 12.8. The van der Waals surface area contributed by atoms with Crippen molar-refractivity contribution in [2.24, 2.45) is 5.16 Å². The summed E-state index contributed by atoms with van der Waals surface area (Å²) in [6.45, 7) is 3.36. The van der Waals surface area contributed by atoms with Crippen molar-refractivity contribution in [3.05, 3.63) is 45.9 Å². The maximum Gasteiger partial charge on any atom is 0.243 e. The van der Waals surface area contributed by atoms with Gasteiger partial charge in [0.25, 0.3) is 0 Å². The van der Waals surface area contributed by atoms with E-state index in [2.05, 4.69) is 11.1 Å². The second kappa shape index (κ2) is 9.66. The molecule has 0 aromatic heterocycles. The largest absolute Gasteiger partial charge is 0.410 e. The number of fused-ring (bicyclic) bond motifs is 1. The zero-order chi connectivity index (χ0) is 24.5. The van der Waals surface area contributed by atoms with Gasteiger partial charge in [-0.25, -0.2) is 16.8 Å². The number of hydrogen-bond acceptors (Lipinski definition) is 6. The monoisotopic (exact) mass is 503 g/mol. The van der Waals surface area contributed by atoms with Gasteiger partial charge >= 0.3 is 0 Å². The Labute approximate surface area is 201 Å². The SMILES string of the molecule is C#CC1=C(/C=C(\C)S(=O)(=O)N2CCCCC2)/C(=N/O)c2cc(S(=O)(=O)N3CCCCC3)ccc21. The van der Waals surface area contributed by atoms with E-state index in [1.807, 2.05) is 0 Å². The Hall–Kier alpha value is -2.45. The Balaban J connectivity index is 1.73. The fourth-order valence-corrected chi connectivity index (χ4v) is 7.71. The highest BCUT2D eigenvalue weighted by Crippen LogP contribution is 2.37. The van der Waals surface area contributed by atoms with Crippen LogP contribution in [0.1, 0.15) is 56.6 Å². The highest BCUT2D eigenvalue weighted by Gasteiger charge is 2.33. The molecule has 0 spiro atoms. The molecule has 34 heavy (non-hydrogen) atoms. The van der Waals surface area contributed by atoms with Crippen LogP contribution in [0.2, 0.25) is 0 Å². The van der Waals surface area contributed by atoms with Crippen molar-refractivity contribution < 1.29 is 22.0 Å². The molecule has 0 saturated carbocycles. The number of piperidine rings is 2. The first-order chi connectivity index (χ1) is 16.2. The maximum atomic E-state index is 13.2. The van der Waals surface area contributed by atoms with E-state index in [-0.39, 0.29) is 21.1 Å². The lowest BCUT2D eigenvalue weighted by Crippen LogP contribution is -2.36. The van der Waals surface area contributed by atoms with E-state index >= 15 is 0 Å². The summed E-state index contributed by atoms with van der Waals surface area (Å²) in [6.07, 6.45) is 12.4. The van der Waals surface area contributed by atoms with Crippen LogP contribution < -0.4 is 0 Å². The number of terminal acetylenes is 1. The predicted octanol–water partition coefficient (Wildman–Crippen LogP) is 3.16. The molecule has 2 saturated heterocycles. The third-order valence-corrected chi connectivity index (χ3v) is 10.5. The number of hydrogen-bond donors (Lipinski definition) is 1. The number of oxime groups is 1. The Bertz CT molecular complexity index is 1320. The van der Waals surface area contributed by atoms with Gasteiger partial charge in [-0.05, 0) is 50.8 Å². The summed E-state index contributed by atoms with van der Waals surface area (Å²) < 4.78 is 55.5. The van der Waals surface area contributed by atoms with Gasteiger partial charge in [-0.15, -0.1) is 6.42 Å². The van der Waals surface area contributed by atoms with E-state index in [9.17, 15) is 22.0 Å². The number of rotatable bonds is 5. The fraction of sp³-hybridized carbons (Fsp3) is 0.458. The molecule has 3 aliphatic rings. The van der Waals surface area contributed by atoms with Crippen molar-refractivity contribution in [3.63, 3.8) is 0 Å². The average molecular weight is 504 g/mol. The van der Waals surface area contributed by atoms with Crippen molar-refractivity contribution in [3.8, 4) is 12.3 Å². The smallest absolute Gasteiger partial charge is 0.243 e. The summed E-state index contributed by atoms with van der Waals surface area (Å²) in [6, 6.07) is 4.56. The normalized spacial score (nSPS) is 22.1. The number of benzene rings is 1.